The molecule has 4 heterocycles. The lowest BCUT2D eigenvalue weighted by atomic mass is 9.98. The normalized spacial score (nSPS) is 17.4. The number of aromatic nitrogens is 2. The van der Waals surface area contributed by atoms with E-state index < -0.39 is 0 Å². The van der Waals surface area contributed by atoms with Gasteiger partial charge in [-0.2, -0.15) is 0 Å². The number of anilines is 2. The van der Waals surface area contributed by atoms with Crippen LogP contribution in [-0.2, 0) is 26.6 Å². The minimum Gasteiger partial charge on any atom is -0.466 e. The first-order valence-corrected chi connectivity index (χ1v) is 15.2. The quantitative estimate of drug-likeness (QED) is 0.190. The van der Waals surface area contributed by atoms with Crippen molar-refractivity contribution in [1.82, 2.24) is 14.9 Å². The number of piperidine rings is 1. The Kier molecular flexibility index (Phi) is 9.96. The number of nitrogens with zero attached hydrogens (tertiary/aromatic N) is 5. The monoisotopic (exact) mass is 597 g/mol. The number of carbonyl (C=O) groups is 2. The van der Waals surface area contributed by atoms with E-state index in [0.29, 0.717) is 81.3 Å². The van der Waals surface area contributed by atoms with Crippen LogP contribution in [0.4, 0.5) is 15.9 Å². The topological polar surface area (TPSA) is 101 Å². The van der Waals surface area contributed by atoms with Gasteiger partial charge in [0.1, 0.15) is 17.4 Å². The number of methoxy groups -OCH3 is 1. The van der Waals surface area contributed by atoms with Crippen LogP contribution in [0.5, 0.6) is 0 Å². The molecule has 1 atom stereocenters. The molecule has 2 saturated heterocycles. The minimum atomic E-state index is -0.305. The maximum Gasteiger partial charge on any atom is 0.310 e. The molecular weight excluding hydrogens is 561 g/mol. The first-order valence-electron chi connectivity index (χ1n) is 14.2. The maximum absolute atomic E-state index is 14.3. The van der Waals surface area contributed by atoms with Crippen LogP contribution < -0.4 is 9.80 Å². The molecule has 2 aliphatic rings. The fraction of sp³-hybridized carbons (Fsp3) is 0.467. The summed E-state index contributed by atoms with van der Waals surface area (Å²) >= 11 is 1.42. The van der Waals surface area contributed by atoms with Gasteiger partial charge < -0.3 is 28.6 Å². The number of likely N-dealkylation sites (tertiary alicyclic amines) is 1. The SMILES string of the molecule is CCOC(=O)[C@@H]1CCCN(C(=O)c2ccc(CSc3nc(COC)cc(N4CCN(c5ccccc5F)CC4)n3)o2)C1. The van der Waals surface area contributed by atoms with Crippen LogP contribution in [0.15, 0.2) is 52.0 Å². The van der Waals surface area contributed by atoms with E-state index in [2.05, 4.69) is 14.8 Å². The summed E-state index contributed by atoms with van der Waals surface area (Å²) in [5.41, 5.74) is 1.38. The van der Waals surface area contributed by atoms with Crippen LogP contribution in [0, 0.1) is 11.7 Å². The van der Waals surface area contributed by atoms with E-state index in [1.807, 2.05) is 18.2 Å². The molecule has 3 aromatic rings. The van der Waals surface area contributed by atoms with Crippen LogP contribution in [0.3, 0.4) is 0 Å². The van der Waals surface area contributed by atoms with Gasteiger partial charge in [-0.25, -0.2) is 14.4 Å². The Hall–Kier alpha value is -3.64. The Morgan fingerprint density at radius 1 is 1.07 bits per heavy atom. The van der Waals surface area contributed by atoms with E-state index in [-0.39, 0.29) is 29.4 Å². The second-order valence-electron chi connectivity index (χ2n) is 10.3. The molecule has 224 valence electrons. The van der Waals surface area contributed by atoms with Crippen molar-refractivity contribution < 1.29 is 27.9 Å². The molecule has 0 radical (unpaired) electrons. The van der Waals surface area contributed by atoms with Crippen molar-refractivity contribution >= 4 is 35.1 Å². The first-order chi connectivity index (χ1) is 20.4. The van der Waals surface area contributed by atoms with E-state index in [0.717, 1.165) is 17.9 Å². The van der Waals surface area contributed by atoms with Crippen molar-refractivity contribution in [2.75, 3.05) is 62.8 Å². The van der Waals surface area contributed by atoms with E-state index in [9.17, 15) is 14.0 Å². The molecule has 5 rings (SSSR count). The second-order valence-corrected chi connectivity index (χ2v) is 11.2. The maximum atomic E-state index is 14.3. The summed E-state index contributed by atoms with van der Waals surface area (Å²) in [4.78, 5) is 40.6. The molecule has 1 aromatic carbocycles. The molecule has 0 N–H and O–H groups in total. The van der Waals surface area contributed by atoms with Crippen LogP contribution in [0.1, 0.15) is 41.8 Å². The third kappa shape index (κ3) is 7.22. The Balaban J connectivity index is 1.21. The predicted octanol–water partition coefficient (Wildman–Crippen LogP) is 4.39. The number of esters is 1. The zero-order chi connectivity index (χ0) is 29.5. The van der Waals surface area contributed by atoms with E-state index >= 15 is 0 Å². The molecule has 0 unspecified atom stereocenters. The van der Waals surface area contributed by atoms with Crippen molar-refractivity contribution in [3.8, 4) is 0 Å². The molecule has 0 aliphatic carbocycles. The number of carbonyl (C=O) groups excluding carboxylic acids is 2. The highest BCUT2D eigenvalue weighted by molar-refractivity contribution is 7.98. The van der Waals surface area contributed by atoms with Gasteiger partial charge >= 0.3 is 5.97 Å². The Morgan fingerprint density at radius 3 is 2.62 bits per heavy atom. The second kappa shape index (κ2) is 14.0. The molecule has 10 nitrogen and oxygen atoms in total. The van der Waals surface area contributed by atoms with Gasteiger partial charge in [-0.15, -0.1) is 0 Å². The highest BCUT2D eigenvalue weighted by Gasteiger charge is 2.31. The predicted molar refractivity (Wildman–Crippen MR) is 157 cm³/mol. The lowest BCUT2D eigenvalue weighted by molar-refractivity contribution is -0.149. The third-order valence-corrected chi connectivity index (χ3v) is 8.25. The van der Waals surface area contributed by atoms with Crippen molar-refractivity contribution in [1.29, 1.82) is 0 Å². The summed E-state index contributed by atoms with van der Waals surface area (Å²) in [5, 5.41) is 0.577. The zero-order valence-electron chi connectivity index (χ0n) is 24.0. The van der Waals surface area contributed by atoms with Crippen LogP contribution in [0.25, 0.3) is 0 Å². The number of ether oxygens (including phenoxy) is 2. The van der Waals surface area contributed by atoms with Gasteiger partial charge in [0.05, 0.1) is 36.3 Å². The van der Waals surface area contributed by atoms with Gasteiger partial charge in [0, 0.05) is 52.4 Å². The molecular formula is C30H36FN5O5S. The summed E-state index contributed by atoms with van der Waals surface area (Å²) in [6.07, 6.45) is 1.46. The molecule has 2 aliphatic heterocycles. The summed E-state index contributed by atoms with van der Waals surface area (Å²) in [5.74, 6) is 1.11. The largest absolute Gasteiger partial charge is 0.466 e. The lowest BCUT2D eigenvalue weighted by Crippen LogP contribution is -2.47. The van der Waals surface area contributed by atoms with E-state index in [1.165, 1.54) is 17.8 Å². The lowest BCUT2D eigenvalue weighted by Gasteiger charge is -2.37. The molecule has 0 bridgehead atoms. The summed E-state index contributed by atoms with van der Waals surface area (Å²) in [7, 11) is 1.63. The molecule has 1 amide bonds. The molecule has 0 saturated carbocycles. The zero-order valence-corrected chi connectivity index (χ0v) is 24.8. The van der Waals surface area contributed by atoms with Crippen molar-refractivity contribution in [3.05, 3.63) is 65.5 Å². The average Bonchev–Trinajstić information content (AvgIpc) is 3.49. The fourth-order valence-corrected chi connectivity index (χ4v) is 6.03. The fourth-order valence-electron chi connectivity index (χ4n) is 5.27. The summed E-state index contributed by atoms with van der Waals surface area (Å²) < 4.78 is 30.7. The molecule has 42 heavy (non-hydrogen) atoms. The Morgan fingerprint density at radius 2 is 1.86 bits per heavy atom. The highest BCUT2D eigenvalue weighted by Crippen LogP contribution is 2.27. The number of piperazine rings is 1. The first kappa shape index (κ1) is 29.8. The van der Waals surface area contributed by atoms with E-state index in [1.54, 1.807) is 37.1 Å². The molecule has 12 heteroatoms. The number of thioether (sulfide) groups is 1. The number of furan rings is 1. The van der Waals surface area contributed by atoms with Gasteiger partial charge in [-0.3, -0.25) is 9.59 Å². The van der Waals surface area contributed by atoms with Gasteiger partial charge in [-0.1, -0.05) is 23.9 Å². The minimum absolute atomic E-state index is 0.214. The van der Waals surface area contributed by atoms with Gasteiger partial charge in [0.2, 0.25) is 0 Å². The average molecular weight is 598 g/mol. The van der Waals surface area contributed by atoms with Crippen molar-refractivity contribution in [3.63, 3.8) is 0 Å². The standard InChI is InChI=1S/C30H36FN5O5S/c1-3-40-29(38)21-7-6-12-36(18-21)28(37)26-11-10-23(41-26)20-42-30-32-22(19-39-2)17-27(33-30)35-15-13-34(14-16-35)25-9-5-4-8-24(25)31/h4-5,8-11,17,21H,3,6-7,12-16,18-20H2,1-2H3/t21-/m1/s1. The number of amides is 1. The molecule has 2 aromatic heterocycles. The Labute approximate surface area is 249 Å². The Bertz CT molecular complexity index is 1380. The van der Waals surface area contributed by atoms with Crippen LogP contribution in [-0.4, -0.2) is 79.7 Å². The van der Waals surface area contributed by atoms with Crippen LogP contribution >= 0.6 is 11.8 Å². The molecule has 2 fully saturated rings. The highest BCUT2D eigenvalue weighted by atomic mass is 32.2. The number of para-hydroxylation sites is 1. The number of hydrogen-bond acceptors (Lipinski definition) is 10. The number of benzene rings is 1. The van der Waals surface area contributed by atoms with E-state index in [4.69, 9.17) is 18.9 Å². The number of rotatable bonds is 10. The van der Waals surface area contributed by atoms with Gasteiger partial charge in [0.15, 0.2) is 10.9 Å². The third-order valence-electron chi connectivity index (χ3n) is 7.38. The van der Waals surface area contributed by atoms with Crippen molar-refractivity contribution in [2.24, 2.45) is 5.92 Å². The van der Waals surface area contributed by atoms with Crippen LogP contribution in [0.2, 0.25) is 0 Å². The summed E-state index contributed by atoms with van der Waals surface area (Å²) in [6, 6.07) is 12.2. The van der Waals surface area contributed by atoms with Crippen molar-refractivity contribution in [2.45, 2.75) is 37.3 Å². The van der Waals surface area contributed by atoms with Gasteiger partial charge in [-0.05, 0) is 44.0 Å². The summed E-state index contributed by atoms with van der Waals surface area (Å²) in [6.45, 7) is 6.10. The van der Waals surface area contributed by atoms with Gasteiger partial charge in [0.25, 0.3) is 5.91 Å². The number of halogens is 1. The smallest absolute Gasteiger partial charge is 0.310 e. The number of hydrogen-bond donors (Lipinski definition) is 0. The molecule has 0 spiro atoms.